The monoisotopic (exact) mass is 432 g/mol. The van der Waals surface area contributed by atoms with Gasteiger partial charge in [0.15, 0.2) is 5.69 Å². The van der Waals surface area contributed by atoms with Crippen LogP contribution in [-0.4, -0.2) is 26.9 Å². The average molecular weight is 433 g/mol. The Morgan fingerprint density at radius 2 is 1.96 bits per heavy atom. The van der Waals surface area contributed by atoms with E-state index in [0.29, 0.717) is 4.47 Å². The smallest absolute Gasteiger partial charge is 0.359 e. The second-order valence-electron chi connectivity index (χ2n) is 5.62. The molecule has 27 heavy (non-hydrogen) atoms. The van der Waals surface area contributed by atoms with Crippen LogP contribution in [0.25, 0.3) is 0 Å². The summed E-state index contributed by atoms with van der Waals surface area (Å²) in [7, 11) is 0. The summed E-state index contributed by atoms with van der Waals surface area (Å²) in [6.45, 7) is 0.277. The Morgan fingerprint density at radius 1 is 1.22 bits per heavy atom. The van der Waals surface area contributed by atoms with Crippen molar-refractivity contribution in [3.63, 3.8) is 0 Å². The molecule has 0 aliphatic carbocycles. The number of halogens is 2. The molecule has 3 aromatic rings. The molecule has 0 bridgehead atoms. The molecule has 0 saturated carbocycles. The standard InChI is InChI=1S/C18H14BrFN4O3/c19-12-6-7-13(14(20)8-12)16(17(21)25)27-18(26)15-9-22-23-24(15)10-11-4-2-1-3-5-11/h1-9,16H,10H2,(H2,21,25). The predicted octanol–water partition coefficient (Wildman–Crippen LogP) is 2.61. The lowest BCUT2D eigenvalue weighted by Gasteiger charge is -2.16. The fourth-order valence-corrected chi connectivity index (χ4v) is 2.78. The predicted molar refractivity (Wildman–Crippen MR) is 97.0 cm³/mol. The number of amides is 1. The van der Waals surface area contributed by atoms with Crippen molar-refractivity contribution in [2.45, 2.75) is 12.6 Å². The highest BCUT2D eigenvalue weighted by Gasteiger charge is 2.28. The Labute approximate surface area is 162 Å². The second-order valence-corrected chi connectivity index (χ2v) is 6.53. The molecule has 1 unspecified atom stereocenters. The Kier molecular flexibility index (Phi) is 5.60. The summed E-state index contributed by atoms with van der Waals surface area (Å²) < 4.78 is 21.1. The minimum Gasteiger partial charge on any atom is -0.442 e. The third-order valence-electron chi connectivity index (χ3n) is 3.73. The number of benzene rings is 2. The van der Waals surface area contributed by atoms with E-state index in [4.69, 9.17) is 10.5 Å². The fourth-order valence-electron chi connectivity index (χ4n) is 2.45. The molecule has 0 aliphatic rings. The molecule has 3 rings (SSSR count). The summed E-state index contributed by atoms with van der Waals surface area (Å²) in [5.41, 5.74) is 6.08. The molecule has 0 spiro atoms. The van der Waals surface area contributed by atoms with Crippen molar-refractivity contribution in [3.05, 3.63) is 81.8 Å². The maximum Gasteiger partial charge on any atom is 0.359 e. The summed E-state index contributed by atoms with van der Waals surface area (Å²) in [5.74, 6) is -2.61. The highest BCUT2D eigenvalue weighted by molar-refractivity contribution is 9.10. The van der Waals surface area contributed by atoms with Crippen molar-refractivity contribution >= 4 is 27.8 Å². The van der Waals surface area contributed by atoms with E-state index in [9.17, 15) is 14.0 Å². The molecule has 1 aromatic heterocycles. The summed E-state index contributed by atoms with van der Waals surface area (Å²) >= 11 is 3.12. The Hall–Kier alpha value is -3.07. The van der Waals surface area contributed by atoms with Crippen LogP contribution in [0.2, 0.25) is 0 Å². The molecule has 7 nitrogen and oxygen atoms in total. The largest absolute Gasteiger partial charge is 0.442 e. The molecular weight excluding hydrogens is 419 g/mol. The molecule has 0 saturated heterocycles. The van der Waals surface area contributed by atoms with Gasteiger partial charge in [-0.1, -0.05) is 57.5 Å². The first-order chi connectivity index (χ1) is 13.0. The number of ether oxygens (including phenoxy) is 1. The number of hydrogen-bond donors (Lipinski definition) is 1. The van der Waals surface area contributed by atoms with Crippen molar-refractivity contribution in [2.75, 3.05) is 0 Å². The van der Waals surface area contributed by atoms with Gasteiger partial charge in [0.25, 0.3) is 5.91 Å². The Bertz CT molecular complexity index is 978. The van der Waals surface area contributed by atoms with E-state index in [1.807, 2.05) is 30.3 Å². The van der Waals surface area contributed by atoms with E-state index < -0.39 is 23.8 Å². The van der Waals surface area contributed by atoms with Crippen LogP contribution in [0, 0.1) is 5.82 Å². The van der Waals surface area contributed by atoms with E-state index in [-0.39, 0.29) is 17.8 Å². The summed E-state index contributed by atoms with van der Waals surface area (Å²) in [4.78, 5) is 24.3. The maximum absolute atomic E-state index is 14.2. The number of nitrogens with zero attached hydrogens (tertiary/aromatic N) is 3. The van der Waals surface area contributed by atoms with Crippen LogP contribution in [0.5, 0.6) is 0 Å². The number of nitrogens with two attached hydrogens (primary N) is 1. The highest BCUT2D eigenvalue weighted by Crippen LogP contribution is 2.24. The number of carbonyl (C=O) groups is 2. The van der Waals surface area contributed by atoms with Gasteiger partial charge in [-0.2, -0.15) is 0 Å². The first-order valence-corrected chi connectivity index (χ1v) is 8.62. The summed E-state index contributed by atoms with van der Waals surface area (Å²) in [5, 5.41) is 7.57. The number of esters is 1. The van der Waals surface area contributed by atoms with E-state index >= 15 is 0 Å². The minimum atomic E-state index is -1.58. The summed E-state index contributed by atoms with van der Waals surface area (Å²) in [6, 6.07) is 13.3. The SMILES string of the molecule is NC(=O)C(OC(=O)c1cnnn1Cc1ccccc1)c1ccc(Br)cc1F. The molecule has 1 atom stereocenters. The highest BCUT2D eigenvalue weighted by atomic mass is 79.9. The van der Waals surface area contributed by atoms with Crippen molar-refractivity contribution in [2.24, 2.45) is 5.73 Å². The van der Waals surface area contributed by atoms with Gasteiger partial charge in [-0.15, -0.1) is 5.10 Å². The van der Waals surface area contributed by atoms with Crippen molar-refractivity contribution < 1.29 is 18.7 Å². The minimum absolute atomic E-state index is 0.0163. The zero-order chi connectivity index (χ0) is 19.4. The molecule has 1 heterocycles. The zero-order valence-corrected chi connectivity index (χ0v) is 15.5. The average Bonchev–Trinajstić information content (AvgIpc) is 3.09. The zero-order valence-electron chi connectivity index (χ0n) is 13.9. The fraction of sp³-hybridized carbons (Fsp3) is 0.111. The molecule has 2 N–H and O–H groups in total. The number of aromatic nitrogens is 3. The number of primary amides is 1. The van der Waals surface area contributed by atoms with Crippen LogP contribution in [0.4, 0.5) is 4.39 Å². The van der Waals surface area contributed by atoms with E-state index in [1.165, 1.54) is 23.0 Å². The third kappa shape index (κ3) is 4.37. The van der Waals surface area contributed by atoms with Gasteiger partial charge in [-0.25, -0.2) is 13.9 Å². The van der Waals surface area contributed by atoms with Gasteiger partial charge in [0.05, 0.1) is 12.7 Å². The van der Waals surface area contributed by atoms with Crippen LogP contribution in [0.15, 0.2) is 59.2 Å². The Balaban J connectivity index is 1.83. The van der Waals surface area contributed by atoms with Gasteiger partial charge in [-0.3, -0.25) is 4.79 Å². The topological polar surface area (TPSA) is 100 Å². The van der Waals surface area contributed by atoms with Gasteiger partial charge >= 0.3 is 5.97 Å². The van der Waals surface area contributed by atoms with Gasteiger partial charge in [-0.05, 0) is 17.7 Å². The van der Waals surface area contributed by atoms with Gasteiger partial charge in [0.1, 0.15) is 5.82 Å². The van der Waals surface area contributed by atoms with E-state index in [0.717, 1.165) is 11.6 Å². The molecule has 138 valence electrons. The molecule has 0 fully saturated rings. The first kappa shape index (κ1) is 18.7. The van der Waals surface area contributed by atoms with Crippen LogP contribution in [-0.2, 0) is 16.1 Å². The first-order valence-electron chi connectivity index (χ1n) is 7.83. The van der Waals surface area contributed by atoms with Crippen molar-refractivity contribution in [1.29, 1.82) is 0 Å². The molecule has 9 heteroatoms. The third-order valence-corrected chi connectivity index (χ3v) is 4.22. The molecular formula is C18H14BrFN4O3. The normalized spacial score (nSPS) is 11.8. The molecule has 0 radical (unpaired) electrons. The molecule has 0 aliphatic heterocycles. The van der Waals surface area contributed by atoms with Crippen molar-refractivity contribution in [3.8, 4) is 0 Å². The van der Waals surface area contributed by atoms with Gasteiger partial charge in [0, 0.05) is 10.0 Å². The van der Waals surface area contributed by atoms with Gasteiger partial charge < -0.3 is 10.5 Å². The quantitative estimate of drug-likeness (QED) is 0.603. The number of rotatable bonds is 6. The lowest BCUT2D eigenvalue weighted by Crippen LogP contribution is -2.28. The lowest BCUT2D eigenvalue weighted by atomic mass is 10.1. The van der Waals surface area contributed by atoms with Gasteiger partial charge in [0.2, 0.25) is 6.10 Å². The maximum atomic E-state index is 14.2. The van der Waals surface area contributed by atoms with Crippen LogP contribution < -0.4 is 5.73 Å². The van der Waals surface area contributed by atoms with Crippen molar-refractivity contribution in [1.82, 2.24) is 15.0 Å². The number of carbonyl (C=O) groups excluding carboxylic acids is 2. The second kappa shape index (κ2) is 8.09. The summed E-state index contributed by atoms with van der Waals surface area (Å²) in [6.07, 6.45) is -0.368. The van der Waals surface area contributed by atoms with E-state index in [2.05, 4.69) is 26.2 Å². The van der Waals surface area contributed by atoms with Crippen LogP contribution >= 0.6 is 15.9 Å². The van der Waals surface area contributed by atoms with E-state index in [1.54, 1.807) is 0 Å². The molecule has 2 aromatic carbocycles. The lowest BCUT2D eigenvalue weighted by molar-refractivity contribution is -0.127. The van der Waals surface area contributed by atoms with Crippen LogP contribution in [0.3, 0.4) is 0 Å². The Morgan fingerprint density at radius 3 is 2.63 bits per heavy atom. The molecule has 1 amide bonds. The number of hydrogen-bond acceptors (Lipinski definition) is 5. The van der Waals surface area contributed by atoms with Crippen LogP contribution in [0.1, 0.15) is 27.7 Å².